The van der Waals surface area contributed by atoms with Crippen molar-refractivity contribution >= 4 is 11.4 Å². The lowest BCUT2D eigenvalue weighted by molar-refractivity contribution is 0.623. The van der Waals surface area contributed by atoms with E-state index in [1.54, 1.807) is 29.2 Å². The van der Waals surface area contributed by atoms with Crippen molar-refractivity contribution in [3.63, 3.8) is 0 Å². The van der Waals surface area contributed by atoms with Crippen LogP contribution in [0.3, 0.4) is 0 Å². The molecule has 0 aliphatic heterocycles. The predicted octanol–water partition coefficient (Wildman–Crippen LogP) is 3.99. The van der Waals surface area contributed by atoms with Crippen molar-refractivity contribution in [1.82, 2.24) is 0 Å². The average Bonchev–Trinajstić information content (AvgIpc) is 2.40. The molecule has 96 valence electrons. The lowest BCUT2D eigenvalue weighted by Gasteiger charge is -2.23. The minimum absolute atomic E-state index is 0.000884. The molecule has 0 aliphatic rings. The van der Waals surface area contributed by atoms with E-state index in [9.17, 15) is 8.78 Å². The molecule has 0 saturated heterocycles. The molecule has 0 aliphatic carbocycles. The van der Waals surface area contributed by atoms with Gasteiger partial charge < -0.3 is 4.90 Å². The number of rotatable bonds is 3. The minimum atomic E-state index is -0.574. The number of halogens is 2. The quantitative estimate of drug-likeness (QED) is 0.832. The molecule has 0 saturated carbocycles. The summed E-state index contributed by atoms with van der Waals surface area (Å²) in [6.45, 7) is 2.45. The van der Waals surface area contributed by atoms with Gasteiger partial charge in [0.25, 0.3) is 0 Å². The van der Waals surface area contributed by atoms with Crippen LogP contribution in [0.1, 0.15) is 12.5 Å². The van der Waals surface area contributed by atoms with Crippen molar-refractivity contribution in [2.24, 2.45) is 0 Å². The first-order valence-electron chi connectivity index (χ1n) is 5.88. The fraction of sp³-hybridized carbons (Fsp3) is 0.133. The minimum Gasteiger partial charge on any atom is -0.342 e. The van der Waals surface area contributed by atoms with Crippen LogP contribution in [0.5, 0.6) is 0 Å². The normalized spacial score (nSPS) is 10.0. The summed E-state index contributed by atoms with van der Waals surface area (Å²) in [4.78, 5) is 1.77. The molecule has 0 N–H and O–H groups in total. The Kier molecular flexibility index (Phi) is 3.76. The first-order chi connectivity index (χ1) is 9.15. The molecular formula is C15H12F2N2. The van der Waals surface area contributed by atoms with E-state index < -0.39 is 5.82 Å². The summed E-state index contributed by atoms with van der Waals surface area (Å²) in [5.74, 6) is -0.917. The second-order valence-electron chi connectivity index (χ2n) is 4.00. The largest absolute Gasteiger partial charge is 0.342 e. The van der Waals surface area contributed by atoms with Crippen LogP contribution in [0.15, 0.2) is 42.5 Å². The van der Waals surface area contributed by atoms with Crippen molar-refractivity contribution in [3.05, 3.63) is 59.7 Å². The molecule has 0 amide bonds. The topological polar surface area (TPSA) is 27.0 Å². The van der Waals surface area contributed by atoms with E-state index in [1.807, 2.05) is 6.92 Å². The number of hydrogen-bond donors (Lipinski definition) is 0. The van der Waals surface area contributed by atoms with Crippen LogP contribution in [0, 0.1) is 23.0 Å². The maximum absolute atomic E-state index is 13.6. The summed E-state index contributed by atoms with van der Waals surface area (Å²) in [6.07, 6.45) is 0. The molecule has 0 unspecified atom stereocenters. The predicted molar refractivity (Wildman–Crippen MR) is 70.2 cm³/mol. The van der Waals surface area contributed by atoms with E-state index >= 15 is 0 Å². The summed E-state index contributed by atoms with van der Waals surface area (Å²) in [5, 5.41) is 8.71. The van der Waals surface area contributed by atoms with Crippen molar-refractivity contribution in [2.45, 2.75) is 6.92 Å². The Morgan fingerprint density at radius 1 is 1.11 bits per heavy atom. The van der Waals surface area contributed by atoms with Crippen molar-refractivity contribution in [2.75, 3.05) is 11.4 Å². The molecule has 2 aromatic rings. The van der Waals surface area contributed by atoms with Gasteiger partial charge in [-0.2, -0.15) is 5.26 Å². The first-order valence-corrected chi connectivity index (χ1v) is 5.88. The van der Waals surface area contributed by atoms with Gasteiger partial charge in [0.05, 0.1) is 5.56 Å². The average molecular weight is 258 g/mol. The van der Waals surface area contributed by atoms with E-state index in [4.69, 9.17) is 5.26 Å². The number of anilines is 2. The molecular weight excluding hydrogens is 246 g/mol. The third-order valence-electron chi connectivity index (χ3n) is 2.82. The Morgan fingerprint density at radius 2 is 1.84 bits per heavy atom. The van der Waals surface area contributed by atoms with Gasteiger partial charge in [-0.3, -0.25) is 0 Å². The van der Waals surface area contributed by atoms with Gasteiger partial charge in [0.15, 0.2) is 0 Å². The summed E-state index contributed by atoms with van der Waals surface area (Å²) in [7, 11) is 0. The zero-order valence-electron chi connectivity index (χ0n) is 10.4. The van der Waals surface area contributed by atoms with Crippen LogP contribution >= 0.6 is 0 Å². The van der Waals surface area contributed by atoms with Crippen LogP contribution in [-0.2, 0) is 0 Å². The highest BCUT2D eigenvalue weighted by Gasteiger charge is 2.10. The highest BCUT2D eigenvalue weighted by atomic mass is 19.1. The lowest BCUT2D eigenvalue weighted by Crippen LogP contribution is -2.16. The van der Waals surface area contributed by atoms with Crippen molar-refractivity contribution in [3.8, 4) is 6.07 Å². The number of hydrogen-bond acceptors (Lipinski definition) is 2. The Balaban J connectivity index is 2.43. The van der Waals surface area contributed by atoms with E-state index in [-0.39, 0.29) is 11.4 Å². The summed E-state index contributed by atoms with van der Waals surface area (Å²) >= 11 is 0. The highest BCUT2D eigenvalue weighted by Crippen LogP contribution is 2.27. The van der Waals surface area contributed by atoms with Crippen molar-refractivity contribution in [1.29, 1.82) is 5.26 Å². The second-order valence-corrected chi connectivity index (χ2v) is 4.00. The lowest BCUT2D eigenvalue weighted by atomic mass is 10.1. The van der Waals surface area contributed by atoms with Gasteiger partial charge in [-0.1, -0.05) is 6.07 Å². The van der Waals surface area contributed by atoms with Crippen LogP contribution in [0.4, 0.5) is 20.2 Å². The monoisotopic (exact) mass is 258 g/mol. The molecule has 0 heterocycles. The van der Waals surface area contributed by atoms with E-state index in [0.29, 0.717) is 17.9 Å². The molecule has 0 aromatic heterocycles. The Hall–Kier alpha value is -2.41. The number of nitriles is 1. The van der Waals surface area contributed by atoms with Crippen molar-refractivity contribution < 1.29 is 8.78 Å². The Morgan fingerprint density at radius 3 is 2.42 bits per heavy atom. The van der Waals surface area contributed by atoms with Gasteiger partial charge >= 0.3 is 0 Å². The summed E-state index contributed by atoms with van der Waals surface area (Å²) < 4.78 is 26.9. The molecule has 0 fully saturated rings. The Bertz CT molecular complexity index is 632. The molecule has 0 atom stereocenters. The van der Waals surface area contributed by atoms with Gasteiger partial charge in [-0.05, 0) is 43.3 Å². The number of benzene rings is 2. The SMILES string of the molecule is CCN(c1cccc(F)c1)c1ccc(C#N)c(F)c1. The van der Waals surface area contributed by atoms with Gasteiger partial charge in [0.1, 0.15) is 17.7 Å². The van der Waals surface area contributed by atoms with E-state index in [2.05, 4.69) is 0 Å². The Labute approximate surface area is 110 Å². The molecule has 0 spiro atoms. The van der Waals surface area contributed by atoms with Gasteiger partial charge in [0, 0.05) is 17.9 Å². The zero-order chi connectivity index (χ0) is 13.8. The van der Waals surface area contributed by atoms with Gasteiger partial charge in [0.2, 0.25) is 0 Å². The van der Waals surface area contributed by atoms with Gasteiger partial charge in [-0.15, -0.1) is 0 Å². The van der Waals surface area contributed by atoms with Crippen LogP contribution in [-0.4, -0.2) is 6.54 Å². The number of nitrogens with zero attached hydrogens (tertiary/aromatic N) is 2. The van der Waals surface area contributed by atoms with Crippen LogP contribution < -0.4 is 4.90 Å². The van der Waals surface area contributed by atoms with Gasteiger partial charge in [-0.25, -0.2) is 8.78 Å². The fourth-order valence-corrected chi connectivity index (χ4v) is 1.92. The molecule has 2 rings (SSSR count). The molecule has 0 radical (unpaired) electrons. The first kappa shape index (κ1) is 13.0. The third-order valence-corrected chi connectivity index (χ3v) is 2.82. The molecule has 19 heavy (non-hydrogen) atoms. The maximum Gasteiger partial charge on any atom is 0.143 e. The maximum atomic E-state index is 13.6. The van der Waals surface area contributed by atoms with Crippen LogP contribution in [0.25, 0.3) is 0 Å². The van der Waals surface area contributed by atoms with Crippen LogP contribution in [0.2, 0.25) is 0 Å². The van der Waals surface area contributed by atoms with E-state index in [1.165, 1.54) is 24.3 Å². The molecule has 0 bridgehead atoms. The fourth-order valence-electron chi connectivity index (χ4n) is 1.92. The molecule has 2 nitrogen and oxygen atoms in total. The third kappa shape index (κ3) is 2.71. The highest BCUT2D eigenvalue weighted by molar-refractivity contribution is 5.64. The van der Waals surface area contributed by atoms with E-state index in [0.717, 1.165) is 0 Å². The zero-order valence-corrected chi connectivity index (χ0v) is 10.4. The summed E-state index contributed by atoms with van der Waals surface area (Å²) in [6, 6.07) is 12.2. The standard InChI is InChI=1S/C15H12F2N2/c1-2-19(13-5-3-4-12(16)8-13)14-7-6-11(10-18)15(17)9-14/h3-9H,2H2,1H3. The molecule has 2 aromatic carbocycles. The smallest absolute Gasteiger partial charge is 0.143 e. The molecule has 4 heteroatoms. The second kappa shape index (κ2) is 5.49. The summed E-state index contributed by atoms with van der Waals surface area (Å²) in [5.41, 5.74) is 1.23.